The highest BCUT2D eigenvalue weighted by molar-refractivity contribution is 6.19. The van der Waals surface area contributed by atoms with E-state index in [-0.39, 0.29) is 52.9 Å². The SMILES string of the molecule is CC(C)=CCCC1(C)C=Cc2c(O)c3c(c(CC=C(C)C)c2O1)OC12C(=CC4CC1C(C)(C)OC2(C/C=C(/C)C(=O)N1CC(C)N=C1C)C4=O)C3=O. The van der Waals surface area contributed by atoms with E-state index in [9.17, 15) is 19.5 Å². The van der Waals surface area contributed by atoms with Crippen LogP contribution >= 0.6 is 0 Å². The van der Waals surface area contributed by atoms with Gasteiger partial charge in [0.1, 0.15) is 34.2 Å². The molecule has 6 atom stereocenters. The smallest absolute Gasteiger partial charge is 0.254 e. The lowest BCUT2D eigenvalue weighted by molar-refractivity contribution is -0.171. The van der Waals surface area contributed by atoms with Crippen LogP contribution < -0.4 is 9.47 Å². The van der Waals surface area contributed by atoms with Gasteiger partial charge in [-0.05, 0) is 107 Å². The number of nitrogens with zero attached hydrogens (tertiary/aromatic N) is 2. The summed E-state index contributed by atoms with van der Waals surface area (Å²) in [4.78, 5) is 49.5. The molecule has 4 heterocycles. The normalized spacial score (nSPS) is 31.9. The summed E-state index contributed by atoms with van der Waals surface area (Å²) in [5.41, 5.74) is -0.296. The molecule has 8 rings (SSSR count). The van der Waals surface area contributed by atoms with Crippen molar-refractivity contribution in [2.24, 2.45) is 16.8 Å². The molecule has 9 heteroatoms. The Labute approximate surface area is 307 Å². The van der Waals surface area contributed by atoms with Crippen LogP contribution in [0.25, 0.3) is 6.08 Å². The van der Waals surface area contributed by atoms with Crippen LogP contribution in [-0.4, -0.2) is 68.3 Å². The number of Topliss-reactive ketones (excluding diaryl/α,β-unsaturated/α-hetero) is 2. The van der Waals surface area contributed by atoms with Crippen LogP contribution in [0.3, 0.4) is 0 Å². The third-order valence-corrected chi connectivity index (χ3v) is 12.0. The fraction of sp³-hybridized carbons (Fsp3) is 0.535. The van der Waals surface area contributed by atoms with Gasteiger partial charge in [0.25, 0.3) is 5.91 Å². The van der Waals surface area contributed by atoms with Crippen molar-refractivity contribution < 1.29 is 33.7 Å². The molecule has 1 spiro atoms. The molecule has 4 aliphatic heterocycles. The Morgan fingerprint density at radius 1 is 1.04 bits per heavy atom. The van der Waals surface area contributed by atoms with Gasteiger partial charge in [-0.25, -0.2) is 0 Å². The minimum atomic E-state index is -1.58. The number of amidine groups is 1. The number of carbonyl (C=O) groups is 3. The number of phenols is 1. The van der Waals surface area contributed by atoms with Crippen LogP contribution in [0, 0.1) is 11.8 Å². The first-order valence-corrected chi connectivity index (χ1v) is 18.7. The Hall–Kier alpha value is -4.24. The molecule has 1 aromatic carbocycles. The molecular weight excluding hydrogens is 656 g/mol. The number of allylic oxidation sites excluding steroid dienone is 5. The van der Waals surface area contributed by atoms with Crippen molar-refractivity contribution in [3.8, 4) is 17.2 Å². The second-order valence-electron chi connectivity index (χ2n) is 16.9. The second-order valence-corrected chi connectivity index (χ2v) is 16.9. The molecule has 1 amide bonds. The van der Waals surface area contributed by atoms with Crippen LogP contribution in [0.1, 0.15) is 116 Å². The molecule has 6 unspecified atom stereocenters. The Morgan fingerprint density at radius 3 is 2.40 bits per heavy atom. The number of aromatic hydroxyl groups is 1. The monoisotopic (exact) mass is 708 g/mol. The van der Waals surface area contributed by atoms with Gasteiger partial charge in [0.05, 0.1) is 17.2 Å². The average Bonchev–Trinajstić information content (AvgIpc) is 3.48. The van der Waals surface area contributed by atoms with Crippen LogP contribution in [0.4, 0.5) is 0 Å². The largest absolute Gasteiger partial charge is 0.506 e. The maximum atomic E-state index is 15.0. The number of hydrogen-bond donors (Lipinski definition) is 1. The number of phenolic OH excluding ortho intramolecular Hbond substituents is 1. The van der Waals surface area contributed by atoms with Crippen molar-refractivity contribution in [3.05, 3.63) is 69.4 Å². The zero-order valence-corrected chi connectivity index (χ0v) is 32.2. The van der Waals surface area contributed by atoms with E-state index in [1.165, 1.54) is 5.57 Å². The minimum Gasteiger partial charge on any atom is -0.506 e. The molecule has 7 aliphatic rings. The minimum absolute atomic E-state index is 0.0106. The van der Waals surface area contributed by atoms with Gasteiger partial charge in [0, 0.05) is 41.5 Å². The highest BCUT2D eigenvalue weighted by atomic mass is 16.6. The van der Waals surface area contributed by atoms with Crippen molar-refractivity contribution in [3.63, 3.8) is 0 Å². The number of amides is 1. The van der Waals surface area contributed by atoms with E-state index in [1.807, 2.05) is 60.6 Å². The predicted molar refractivity (Wildman–Crippen MR) is 201 cm³/mol. The van der Waals surface area contributed by atoms with E-state index >= 15 is 0 Å². The van der Waals surface area contributed by atoms with Crippen molar-refractivity contribution in [1.82, 2.24) is 4.90 Å². The van der Waals surface area contributed by atoms with Gasteiger partial charge < -0.3 is 19.3 Å². The molecule has 9 nitrogen and oxygen atoms in total. The fourth-order valence-corrected chi connectivity index (χ4v) is 9.44. The molecule has 3 aliphatic carbocycles. The van der Waals surface area contributed by atoms with Crippen LogP contribution in [-0.2, 0) is 20.7 Å². The molecule has 1 aromatic rings. The fourth-order valence-electron chi connectivity index (χ4n) is 9.44. The topological polar surface area (TPSA) is 115 Å². The predicted octanol–water partition coefficient (Wildman–Crippen LogP) is 7.80. The molecule has 1 N–H and O–H groups in total. The average molecular weight is 709 g/mol. The highest BCUT2D eigenvalue weighted by Gasteiger charge is 2.81. The van der Waals surface area contributed by atoms with Gasteiger partial charge in [-0.15, -0.1) is 0 Å². The number of hydrogen-bond acceptors (Lipinski definition) is 8. The number of ketones is 2. The van der Waals surface area contributed by atoms with Crippen LogP contribution in [0.5, 0.6) is 17.2 Å². The van der Waals surface area contributed by atoms with Gasteiger partial charge in [-0.1, -0.05) is 35.5 Å². The summed E-state index contributed by atoms with van der Waals surface area (Å²) < 4.78 is 21.0. The Bertz CT molecular complexity index is 1990. The number of carbonyl (C=O) groups excluding carboxylic acids is 3. The van der Waals surface area contributed by atoms with Crippen molar-refractivity contribution >= 4 is 29.4 Å². The van der Waals surface area contributed by atoms with Gasteiger partial charge in [0.15, 0.2) is 22.8 Å². The van der Waals surface area contributed by atoms with E-state index in [0.29, 0.717) is 59.7 Å². The van der Waals surface area contributed by atoms with E-state index in [1.54, 1.807) is 24.0 Å². The first-order chi connectivity index (χ1) is 24.4. The lowest BCUT2D eigenvalue weighted by Crippen LogP contribution is -2.72. The number of benzene rings is 1. The molecule has 0 radical (unpaired) electrons. The quantitative estimate of drug-likeness (QED) is 0.217. The van der Waals surface area contributed by atoms with Crippen LogP contribution in [0.2, 0.25) is 0 Å². The van der Waals surface area contributed by atoms with Crippen molar-refractivity contribution in [2.45, 2.75) is 130 Å². The number of fused-ring (bicyclic) bond motifs is 2. The molecule has 276 valence electrons. The standard InChI is InChI=1S/C43H52N2O7/c1-23(2)12-11-17-41(10)18-16-29-34(46)33-35(47)31-20-28-21-32-40(8,9)52-42(38(28)48,19-15-25(5)39(49)45-22-26(6)44-27(45)7)43(31,32)51-37(33)30(36(29)50-41)14-13-24(3)4/h12-13,15-16,18,20,26,28,32,46H,11,14,17,19,21-22H2,1-10H3/b25-15-. The highest BCUT2D eigenvalue weighted by Crippen LogP contribution is 2.68. The van der Waals surface area contributed by atoms with E-state index in [4.69, 9.17) is 14.2 Å². The van der Waals surface area contributed by atoms with E-state index < -0.39 is 28.3 Å². The van der Waals surface area contributed by atoms with Gasteiger partial charge in [0.2, 0.25) is 0 Å². The van der Waals surface area contributed by atoms with Gasteiger partial charge in [-0.3, -0.25) is 24.3 Å². The lowest BCUT2D eigenvalue weighted by Gasteiger charge is -2.56. The summed E-state index contributed by atoms with van der Waals surface area (Å²) in [5, 5.41) is 11.9. The molecule has 1 saturated heterocycles. The molecule has 0 aromatic heterocycles. The Balaban J connectivity index is 1.39. The first-order valence-electron chi connectivity index (χ1n) is 18.7. The van der Waals surface area contributed by atoms with Gasteiger partial charge >= 0.3 is 0 Å². The third kappa shape index (κ3) is 5.20. The molecule has 52 heavy (non-hydrogen) atoms. The number of rotatable bonds is 8. The second kappa shape index (κ2) is 12.2. The number of aliphatic imine (C=N–C) groups is 1. The molecule has 2 fully saturated rings. The summed E-state index contributed by atoms with van der Waals surface area (Å²) in [6, 6.07) is 0.0106. The van der Waals surface area contributed by atoms with Crippen molar-refractivity contribution in [2.75, 3.05) is 6.54 Å². The lowest BCUT2D eigenvalue weighted by atomic mass is 9.51. The molecule has 4 bridgehead atoms. The maximum absolute atomic E-state index is 15.0. The Kier molecular flexibility index (Phi) is 8.44. The van der Waals surface area contributed by atoms with Crippen molar-refractivity contribution in [1.29, 1.82) is 0 Å². The third-order valence-electron chi connectivity index (χ3n) is 12.0. The zero-order chi connectivity index (χ0) is 37.7. The summed E-state index contributed by atoms with van der Waals surface area (Å²) >= 11 is 0. The van der Waals surface area contributed by atoms with E-state index in [0.717, 1.165) is 12.0 Å². The maximum Gasteiger partial charge on any atom is 0.254 e. The zero-order valence-electron chi connectivity index (χ0n) is 32.2. The summed E-state index contributed by atoms with van der Waals surface area (Å²) in [5.74, 6) is -0.449. The summed E-state index contributed by atoms with van der Waals surface area (Å²) in [7, 11) is 0. The molecular formula is C43H52N2O7. The first kappa shape index (κ1) is 36.1. The van der Waals surface area contributed by atoms with E-state index in [2.05, 4.69) is 31.0 Å². The van der Waals surface area contributed by atoms with Crippen LogP contribution in [0.15, 0.2) is 57.7 Å². The summed E-state index contributed by atoms with van der Waals surface area (Å²) in [6.45, 7) is 20.1. The number of ether oxygens (including phenoxy) is 3. The Morgan fingerprint density at radius 2 is 1.75 bits per heavy atom. The summed E-state index contributed by atoms with van der Waals surface area (Å²) in [6.07, 6.45) is 14.0. The molecule has 1 saturated carbocycles. The van der Waals surface area contributed by atoms with Gasteiger partial charge in [-0.2, -0.15) is 0 Å².